The summed E-state index contributed by atoms with van der Waals surface area (Å²) in [6.07, 6.45) is 53.4. The van der Waals surface area contributed by atoms with E-state index in [4.69, 9.17) is 18.9 Å². The molecule has 0 aliphatic carbocycles. The van der Waals surface area contributed by atoms with Crippen molar-refractivity contribution in [3.05, 3.63) is 85.1 Å². The Morgan fingerprint density at radius 3 is 1.31 bits per heavy atom. The van der Waals surface area contributed by atoms with Gasteiger partial charge in [-0.05, 0) is 70.6 Å². The molecule has 0 aromatic heterocycles. The maximum absolute atomic E-state index is 13.3. The molecular formula is C67H117NO13. The maximum atomic E-state index is 13.3. The quantitative estimate of drug-likeness (QED) is 0.0204. The van der Waals surface area contributed by atoms with Crippen molar-refractivity contribution in [1.29, 1.82) is 0 Å². The Balaban J connectivity index is 1.65. The second-order valence-corrected chi connectivity index (χ2v) is 22.5. The summed E-state index contributed by atoms with van der Waals surface area (Å²) in [7, 11) is 0. The van der Waals surface area contributed by atoms with E-state index >= 15 is 0 Å². The summed E-state index contributed by atoms with van der Waals surface area (Å²) >= 11 is 0. The van der Waals surface area contributed by atoms with Gasteiger partial charge in [0.2, 0.25) is 5.91 Å². The first-order valence-corrected chi connectivity index (χ1v) is 32.3. The van der Waals surface area contributed by atoms with Gasteiger partial charge in [-0.2, -0.15) is 0 Å². The zero-order valence-corrected chi connectivity index (χ0v) is 50.5. The molecule has 0 bridgehead atoms. The van der Waals surface area contributed by atoms with E-state index in [0.29, 0.717) is 6.42 Å². The van der Waals surface area contributed by atoms with Gasteiger partial charge in [-0.1, -0.05) is 247 Å². The van der Waals surface area contributed by atoms with Crippen molar-refractivity contribution < 1.29 is 64.6 Å². The second-order valence-electron chi connectivity index (χ2n) is 22.5. The predicted molar refractivity (Wildman–Crippen MR) is 327 cm³/mol. The van der Waals surface area contributed by atoms with Crippen molar-refractivity contribution in [2.45, 2.75) is 312 Å². The van der Waals surface area contributed by atoms with Crippen molar-refractivity contribution in [3.63, 3.8) is 0 Å². The third-order valence-corrected chi connectivity index (χ3v) is 15.3. The molecule has 2 saturated heterocycles. The zero-order valence-electron chi connectivity index (χ0n) is 50.5. The van der Waals surface area contributed by atoms with Gasteiger partial charge in [0.15, 0.2) is 12.6 Å². The lowest BCUT2D eigenvalue weighted by molar-refractivity contribution is -0.359. The summed E-state index contributed by atoms with van der Waals surface area (Å²) in [4.78, 5) is 13.3. The van der Waals surface area contributed by atoms with Crippen LogP contribution >= 0.6 is 0 Å². The van der Waals surface area contributed by atoms with Gasteiger partial charge in [0.25, 0.3) is 0 Å². The fourth-order valence-corrected chi connectivity index (χ4v) is 10.2. The van der Waals surface area contributed by atoms with Crippen LogP contribution < -0.4 is 5.32 Å². The lowest BCUT2D eigenvalue weighted by Gasteiger charge is -2.46. The minimum Gasteiger partial charge on any atom is -0.394 e. The van der Waals surface area contributed by atoms with Crippen molar-refractivity contribution in [2.24, 2.45) is 0 Å². The predicted octanol–water partition coefficient (Wildman–Crippen LogP) is 12.1. The molecule has 1 amide bonds. The number of rotatable bonds is 51. The fourth-order valence-electron chi connectivity index (χ4n) is 10.2. The normalized spacial score (nSPS) is 24.7. The fraction of sp³-hybridized carbons (Fsp3) is 0.776. The largest absolute Gasteiger partial charge is 0.394 e. The summed E-state index contributed by atoms with van der Waals surface area (Å²) in [5, 5.41) is 87.2. The first-order chi connectivity index (χ1) is 39.6. The highest BCUT2D eigenvalue weighted by Crippen LogP contribution is 2.30. The molecule has 2 aliphatic rings. The van der Waals surface area contributed by atoms with E-state index in [0.717, 1.165) is 77.0 Å². The maximum Gasteiger partial charge on any atom is 0.220 e. The third kappa shape index (κ3) is 36.6. The minimum absolute atomic E-state index is 0.242. The van der Waals surface area contributed by atoms with Gasteiger partial charge in [-0.25, -0.2) is 0 Å². The molecule has 9 N–H and O–H groups in total. The number of hydrogen-bond donors (Lipinski definition) is 9. The minimum atomic E-state index is -1.79. The highest BCUT2D eigenvalue weighted by molar-refractivity contribution is 5.76. The molecule has 2 heterocycles. The number of hydrogen-bond acceptors (Lipinski definition) is 13. The monoisotopic (exact) mass is 1140 g/mol. The van der Waals surface area contributed by atoms with E-state index in [1.807, 2.05) is 6.08 Å². The van der Waals surface area contributed by atoms with Gasteiger partial charge in [-0.15, -0.1) is 0 Å². The van der Waals surface area contributed by atoms with Crippen LogP contribution in [0.3, 0.4) is 0 Å². The molecule has 12 atom stereocenters. The molecule has 2 rings (SSSR count). The number of allylic oxidation sites excluding steroid dienone is 13. The lowest BCUT2D eigenvalue weighted by Crippen LogP contribution is -2.65. The van der Waals surface area contributed by atoms with Gasteiger partial charge >= 0.3 is 0 Å². The van der Waals surface area contributed by atoms with Gasteiger partial charge in [0, 0.05) is 6.42 Å². The highest BCUT2D eigenvalue weighted by Gasteiger charge is 2.51. The number of carbonyl (C=O) groups is 1. The average Bonchev–Trinajstić information content (AvgIpc) is 3.47. The summed E-state index contributed by atoms with van der Waals surface area (Å²) in [5.74, 6) is -0.242. The van der Waals surface area contributed by atoms with Crippen LogP contribution in [0.1, 0.15) is 239 Å². The Labute approximate surface area is 491 Å². The molecule has 2 fully saturated rings. The number of nitrogens with one attached hydrogen (secondary N) is 1. The Hall–Kier alpha value is -2.83. The number of carbonyl (C=O) groups excluding carboxylic acids is 1. The molecule has 14 heteroatoms. The van der Waals surface area contributed by atoms with Crippen molar-refractivity contribution in [1.82, 2.24) is 5.32 Å². The van der Waals surface area contributed by atoms with Crippen molar-refractivity contribution in [2.75, 3.05) is 19.8 Å². The first-order valence-electron chi connectivity index (χ1n) is 32.3. The number of amides is 1. The average molecular weight is 1140 g/mol. The van der Waals surface area contributed by atoms with Crippen molar-refractivity contribution in [3.8, 4) is 0 Å². The van der Waals surface area contributed by atoms with E-state index in [2.05, 4.69) is 92.1 Å². The van der Waals surface area contributed by atoms with E-state index in [-0.39, 0.29) is 18.9 Å². The molecule has 0 saturated carbocycles. The van der Waals surface area contributed by atoms with Crippen LogP contribution in [0, 0.1) is 0 Å². The summed E-state index contributed by atoms with van der Waals surface area (Å²) in [5.41, 5.74) is 0. The van der Waals surface area contributed by atoms with Gasteiger partial charge in [0.05, 0.1) is 32.0 Å². The molecule has 81 heavy (non-hydrogen) atoms. The molecule has 2 aliphatic heterocycles. The molecule has 12 unspecified atom stereocenters. The SMILES string of the molecule is CC/C=C\C/C=C\C/C=C\C/C=C\C/C=C\C/C=C\CCCCCCCCCCCCCCCCC(=O)NC(COC1OC(CO)C(OC2OC(CO)C(O)C(O)C2O)C(O)C1O)C(O)/C=C/CCCCCCCCCCCCCC. The zero-order chi connectivity index (χ0) is 58.8. The van der Waals surface area contributed by atoms with E-state index in [1.165, 1.54) is 135 Å². The molecule has 0 spiro atoms. The summed E-state index contributed by atoms with van der Waals surface area (Å²) < 4.78 is 22.8. The molecule has 14 nitrogen and oxygen atoms in total. The van der Waals surface area contributed by atoms with Gasteiger partial charge < -0.3 is 65.1 Å². The molecule has 0 radical (unpaired) electrons. The molecule has 468 valence electrons. The van der Waals surface area contributed by atoms with Crippen LogP contribution in [-0.4, -0.2) is 140 Å². The Kier molecular flexibility index (Phi) is 47.3. The number of aliphatic hydroxyl groups is 8. The van der Waals surface area contributed by atoms with Gasteiger partial charge in [0.1, 0.15) is 48.8 Å². The van der Waals surface area contributed by atoms with Crippen LogP contribution in [0.25, 0.3) is 0 Å². The van der Waals surface area contributed by atoms with Crippen LogP contribution in [0.2, 0.25) is 0 Å². The highest BCUT2D eigenvalue weighted by atomic mass is 16.7. The molecular weight excluding hydrogens is 1030 g/mol. The summed E-state index contributed by atoms with van der Waals surface area (Å²) in [6.45, 7) is 2.68. The second kappa shape index (κ2) is 51.6. The van der Waals surface area contributed by atoms with Crippen LogP contribution in [0.15, 0.2) is 85.1 Å². The first kappa shape index (κ1) is 74.3. The smallest absolute Gasteiger partial charge is 0.220 e. The molecule has 0 aromatic rings. The van der Waals surface area contributed by atoms with E-state index in [1.54, 1.807) is 6.08 Å². The van der Waals surface area contributed by atoms with Crippen LogP contribution in [-0.2, 0) is 23.7 Å². The standard InChI is InChI=1S/C67H117NO13/c1-3-5-7-9-11-13-15-17-19-20-21-22-23-24-25-26-27-28-29-30-31-32-33-34-35-36-37-39-41-43-45-47-49-51-59(72)68-55(56(71)50-48-46-44-42-40-38-18-16-14-12-10-8-6-4-2)54-78-66-64(77)62(75)65(58(53-70)80-66)81-67-63(76)61(74)60(73)57(52-69)79-67/h5,7,11,13,17,19,21-22,24-25,27-28,48,50,55-58,60-67,69-71,73-77H,3-4,6,8-10,12,14-16,18,20,23,26,29-47,49,51-54H2,1-2H3,(H,68,72)/b7-5-,13-11-,19-17-,22-21-,25-24-,28-27-,50-48+. The summed E-state index contributed by atoms with van der Waals surface area (Å²) in [6, 6.07) is -0.918. The Morgan fingerprint density at radius 2 is 0.852 bits per heavy atom. The van der Waals surface area contributed by atoms with Gasteiger partial charge in [-0.3, -0.25) is 4.79 Å². The number of aliphatic hydroxyl groups excluding tert-OH is 8. The van der Waals surface area contributed by atoms with E-state index < -0.39 is 86.8 Å². The number of ether oxygens (including phenoxy) is 4. The van der Waals surface area contributed by atoms with Crippen LogP contribution in [0.5, 0.6) is 0 Å². The third-order valence-electron chi connectivity index (χ3n) is 15.3. The van der Waals surface area contributed by atoms with Crippen LogP contribution in [0.4, 0.5) is 0 Å². The topological polar surface area (TPSA) is 228 Å². The number of unbranched alkanes of at least 4 members (excludes halogenated alkanes) is 26. The lowest BCUT2D eigenvalue weighted by atomic mass is 9.97. The van der Waals surface area contributed by atoms with E-state index in [9.17, 15) is 45.6 Å². The Morgan fingerprint density at radius 1 is 0.457 bits per heavy atom. The molecule has 0 aromatic carbocycles. The van der Waals surface area contributed by atoms with Crippen molar-refractivity contribution >= 4 is 5.91 Å². The Bertz CT molecular complexity index is 1680.